The fourth-order valence-electron chi connectivity index (χ4n) is 2.05. The van der Waals surface area contributed by atoms with Gasteiger partial charge in [0, 0.05) is 25.4 Å². The number of carbonyl (C=O) groups is 1. The van der Waals surface area contributed by atoms with E-state index >= 15 is 0 Å². The standard InChI is InChI=1S/C16H20ClF3N4OS/c1-2-24(14(25)6-4-8-26-11-16(18,19)20)13(15(17)21)10-23-12-5-3-7-22-9-12/h3,5,7,9-10,13,21H,2,4,6,8,11H2,1H3. The van der Waals surface area contributed by atoms with Crippen molar-refractivity contribution in [1.82, 2.24) is 9.88 Å². The Morgan fingerprint density at radius 2 is 2.27 bits per heavy atom. The van der Waals surface area contributed by atoms with Gasteiger partial charge in [0.05, 0.1) is 17.6 Å². The van der Waals surface area contributed by atoms with E-state index < -0.39 is 18.0 Å². The van der Waals surface area contributed by atoms with E-state index in [4.69, 9.17) is 17.0 Å². The Labute approximate surface area is 159 Å². The van der Waals surface area contributed by atoms with E-state index in [1.165, 1.54) is 17.3 Å². The average molecular weight is 409 g/mol. The first-order valence-electron chi connectivity index (χ1n) is 7.86. The fraction of sp³-hybridized carbons (Fsp3) is 0.500. The van der Waals surface area contributed by atoms with Crippen LogP contribution in [0.2, 0.25) is 0 Å². The summed E-state index contributed by atoms with van der Waals surface area (Å²) in [5.41, 5.74) is 0.558. The molecule has 10 heteroatoms. The molecule has 1 unspecified atom stereocenters. The van der Waals surface area contributed by atoms with E-state index in [0.29, 0.717) is 18.7 Å². The monoisotopic (exact) mass is 408 g/mol. The number of nitrogens with zero attached hydrogens (tertiary/aromatic N) is 3. The maximum absolute atomic E-state index is 12.4. The molecule has 0 aliphatic heterocycles. The summed E-state index contributed by atoms with van der Waals surface area (Å²) in [5, 5.41) is 7.43. The summed E-state index contributed by atoms with van der Waals surface area (Å²) >= 11 is 6.56. The van der Waals surface area contributed by atoms with Crippen LogP contribution in [-0.4, -0.2) is 57.4 Å². The van der Waals surface area contributed by atoms with Crippen molar-refractivity contribution in [3.8, 4) is 0 Å². The van der Waals surface area contributed by atoms with E-state index in [-0.39, 0.29) is 23.3 Å². The topological polar surface area (TPSA) is 69.4 Å². The van der Waals surface area contributed by atoms with Crippen LogP contribution >= 0.6 is 23.4 Å². The van der Waals surface area contributed by atoms with Gasteiger partial charge in [0.15, 0.2) is 0 Å². The van der Waals surface area contributed by atoms with Crippen LogP contribution in [0.4, 0.5) is 18.9 Å². The van der Waals surface area contributed by atoms with E-state index in [9.17, 15) is 18.0 Å². The fourth-order valence-corrected chi connectivity index (χ4v) is 2.95. The van der Waals surface area contributed by atoms with Crippen molar-refractivity contribution in [2.75, 3.05) is 18.1 Å². The Morgan fingerprint density at radius 1 is 1.54 bits per heavy atom. The first kappa shape index (κ1) is 22.4. The van der Waals surface area contributed by atoms with Gasteiger partial charge in [0.1, 0.15) is 11.2 Å². The van der Waals surface area contributed by atoms with Gasteiger partial charge in [-0.25, -0.2) is 0 Å². The summed E-state index contributed by atoms with van der Waals surface area (Å²) in [6, 6.07) is 2.60. The third-order valence-corrected chi connectivity index (χ3v) is 4.54. The highest BCUT2D eigenvalue weighted by Gasteiger charge is 2.27. The molecular weight excluding hydrogens is 389 g/mol. The molecule has 0 radical (unpaired) electrons. The summed E-state index contributed by atoms with van der Waals surface area (Å²) in [6.07, 6.45) is 0.719. The van der Waals surface area contributed by atoms with Crippen LogP contribution in [0, 0.1) is 5.41 Å². The molecule has 1 heterocycles. The summed E-state index contributed by atoms with van der Waals surface area (Å²) < 4.78 is 36.3. The first-order valence-corrected chi connectivity index (χ1v) is 9.40. The van der Waals surface area contributed by atoms with Gasteiger partial charge in [0.2, 0.25) is 5.91 Å². The largest absolute Gasteiger partial charge is 0.397 e. The Hall–Kier alpha value is -1.61. The van der Waals surface area contributed by atoms with Crippen molar-refractivity contribution in [2.45, 2.75) is 32.0 Å². The van der Waals surface area contributed by atoms with Gasteiger partial charge in [-0.2, -0.15) is 24.9 Å². The second-order valence-electron chi connectivity index (χ2n) is 5.23. The zero-order valence-electron chi connectivity index (χ0n) is 14.2. The van der Waals surface area contributed by atoms with E-state index in [1.54, 1.807) is 25.3 Å². The minimum Gasteiger partial charge on any atom is -0.328 e. The molecule has 0 bridgehead atoms. The number of aromatic nitrogens is 1. The molecule has 0 aromatic carbocycles. The second kappa shape index (κ2) is 11.2. The van der Waals surface area contributed by atoms with Gasteiger partial charge in [0.25, 0.3) is 0 Å². The Bertz CT molecular complexity index is 613. The molecule has 26 heavy (non-hydrogen) atoms. The van der Waals surface area contributed by atoms with Crippen molar-refractivity contribution in [1.29, 1.82) is 5.41 Å². The van der Waals surface area contributed by atoms with Crippen LogP contribution < -0.4 is 0 Å². The lowest BCUT2D eigenvalue weighted by Gasteiger charge is -2.27. The molecule has 0 saturated carbocycles. The van der Waals surface area contributed by atoms with Crippen molar-refractivity contribution in [2.24, 2.45) is 4.99 Å². The van der Waals surface area contributed by atoms with Crippen LogP contribution in [0.15, 0.2) is 29.5 Å². The predicted octanol–water partition coefficient (Wildman–Crippen LogP) is 4.29. The molecule has 0 fully saturated rings. The van der Waals surface area contributed by atoms with Crippen LogP contribution in [0.25, 0.3) is 0 Å². The number of pyridine rings is 1. The number of alkyl halides is 3. The van der Waals surface area contributed by atoms with Gasteiger partial charge in [-0.05, 0) is 31.2 Å². The third-order valence-electron chi connectivity index (χ3n) is 3.21. The molecule has 0 aliphatic rings. The number of hydrogen-bond acceptors (Lipinski definition) is 5. The van der Waals surface area contributed by atoms with Gasteiger partial charge >= 0.3 is 6.18 Å². The molecule has 0 aliphatic carbocycles. The molecule has 1 aromatic rings. The molecule has 0 spiro atoms. The minimum absolute atomic E-state index is 0.0834. The van der Waals surface area contributed by atoms with Gasteiger partial charge in [-0.15, -0.1) is 0 Å². The smallest absolute Gasteiger partial charge is 0.328 e. The van der Waals surface area contributed by atoms with Crippen molar-refractivity contribution in [3.63, 3.8) is 0 Å². The molecule has 1 N–H and O–H groups in total. The highest BCUT2D eigenvalue weighted by molar-refractivity contribution is 7.99. The number of carbonyl (C=O) groups excluding carboxylic acids is 1. The SMILES string of the molecule is CCN(C(=O)CCCSCC(F)(F)F)C(C=Nc1cccnc1)C(=N)Cl. The average Bonchev–Trinajstić information content (AvgIpc) is 2.57. The maximum atomic E-state index is 12.4. The summed E-state index contributed by atoms with van der Waals surface area (Å²) in [6.45, 7) is 2.04. The lowest BCUT2D eigenvalue weighted by Crippen LogP contribution is -2.44. The predicted molar refractivity (Wildman–Crippen MR) is 99.8 cm³/mol. The van der Waals surface area contributed by atoms with Crippen LogP contribution in [0.1, 0.15) is 19.8 Å². The maximum Gasteiger partial charge on any atom is 0.397 e. The zero-order valence-corrected chi connectivity index (χ0v) is 15.7. The van der Waals surface area contributed by atoms with Gasteiger partial charge in [-0.1, -0.05) is 11.6 Å². The molecule has 5 nitrogen and oxygen atoms in total. The lowest BCUT2D eigenvalue weighted by atomic mass is 10.2. The van der Waals surface area contributed by atoms with Crippen LogP contribution in [0.5, 0.6) is 0 Å². The highest BCUT2D eigenvalue weighted by atomic mass is 35.5. The highest BCUT2D eigenvalue weighted by Crippen LogP contribution is 2.22. The molecule has 1 atom stereocenters. The Kier molecular flexibility index (Phi) is 9.64. The van der Waals surface area contributed by atoms with Crippen molar-refractivity contribution in [3.05, 3.63) is 24.5 Å². The normalized spacial score (nSPS) is 13.0. The number of hydrogen-bond donors (Lipinski definition) is 1. The summed E-state index contributed by atoms with van der Waals surface area (Å²) in [4.78, 5) is 21.8. The number of aliphatic imine (C=N–C) groups is 1. The lowest BCUT2D eigenvalue weighted by molar-refractivity contribution is -0.131. The number of rotatable bonds is 10. The summed E-state index contributed by atoms with van der Waals surface area (Å²) in [5.74, 6) is -0.978. The molecule has 1 rings (SSSR count). The Balaban J connectivity index is 2.62. The third kappa shape index (κ3) is 8.66. The molecule has 1 amide bonds. The Morgan fingerprint density at radius 3 is 2.81 bits per heavy atom. The minimum atomic E-state index is -4.20. The number of halogens is 4. The number of nitrogens with one attached hydrogen (secondary N) is 1. The van der Waals surface area contributed by atoms with Gasteiger partial charge < -0.3 is 4.90 Å². The van der Waals surface area contributed by atoms with Gasteiger partial charge in [-0.3, -0.25) is 20.2 Å². The van der Waals surface area contributed by atoms with Crippen LogP contribution in [0.3, 0.4) is 0 Å². The molecule has 0 saturated heterocycles. The van der Waals surface area contributed by atoms with Crippen molar-refractivity contribution >= 4 is 46.3 Å². The van der Waals surface area contributed by atoms with Crippen molar-refractivity contribution < 1.29 is 18.0 Å². The second-order valence-corrected chi connectivity index (χ2v) is 6.75. The molecule has 144 valence electrons. The summed E-state index contributed by atoms with van der Waals surface area (Å²) in [7, 11) is 0. The van der Waals surface area contributed by atoms with E-state index in [0.717, 1.165) is 11.8 Å². The van der Waals surface area contributed by atoms with E-state index in [2.05, 4.69) is 9.98 Å². The number of amides is 1. The molecule has 1 aromatic heterocycles. The first-order chi connectivity index (χ1) is 12.2. The van der Waals surface area contributed by atoms with E-state index in [1.807, 2.05) is 0 Å². The quantitative estimate of drug-likeness (QED) is 0.463. The van der Waals surface area contributed by atoms with Crippen LogP contribution in [-0.2, 0) is 4.79 Å². The molecular formula is C16H20ClF3N4OS. The number of thioether (sulfide) groups is 1. The zero-order chi connectivity index (χ0) is 19.6.